The Bertz CT molecular complexity index is 743. The molecule has 0 aliphatic heterocycles. The normalized spacial score (nSPS) is 14.2. The number of aryl methyl sites for hydroxylation is 1. The summed E-state index contributed by atoms with van der Waals surface area (Å²) in [6.07, 6.45) is 1.81. The molecule has 2 aromatic carbocycles. The lowest BCUT2D eigenvalue weighted by Crippen LogP contribution is -2.34. The fraction of sp³-hybridized carbons (Fsp3) is 0.167. The van der Waals surface area contributed by atoms with Gasteiger partial charge in [0.1, 0.15) is 0 Å². The molecule has 2 N–H and O–H groups in total. The van der Waals surface area contributed by atoms with E-state index in [4.69, 9.17) is 5.73 Å². The molecule has 0 saturated carbocycles. The molecule has 3 rings (SSSR count). The van der Waals surface area contributed by atoms with Gasteiger partial charge in [-0.2, -0.15) is 0 Å². The van der Waals surface area contributed by atoms with Crippen molar-refractivity contribution in [2.24, 2.45) is 5.73 Å². The monoisotopic (exact) mass is 262 g/mol. The molecule has 3 aromatic rings. The molecule has 0 aliphatic rings. The van der Waals surface area contributed by atoms with Gasteiger partial charge < -0.3 is 5.73 Å². The second-order valence-electron chi connectivity index (χ2n) is 5.48. The lowest BCUT2D eigenvalue weighted by atomic mass is 9.85. The van der Waals surface area contributed by atoms with E-state index in [1.165, 1.54) is 5.56 Å². The number of benzene rings is 2. The molecule has 0 spiro atoms. The van der Waals surface area contributed by atoms with E-state index in [-0.39, 0.29) is 0 Å². The Balaban J connectivity index is 2.10. The summed E-state index contributed by atoms with van der Waals surface area (Å²) in [5.74, 6) is 0. The standard InChI is InChI=1S/C18H18N2/c1-13-5-7-15(8-6-13)18(2,19)16-9-10-17-14(12-16)4-3-11-20-17/h3-12H,19H2,1-2H3. The molecule has 100 valence electrons. The molecular weight excluding hydrogens is 244 g/mol. The Morgan fingerprint density at radius 1 is 0.950 bits per heavy atom. The second kappa shape index (κ2) is 4.73. The van der Waals surface area contributed by atoms with E-state index in [1.54, 1.807) is 0 Å². The number of fused-ring (bicyclic) bond motifs is 1. The fourth-order valence-corrected chi connectivity index (χ4v) is 2.47. The van der Waals surface area contributed by atoms with E-state index < -0.39 is 5.54 Å². The van der Waals surface area contributed by atoms with Gasteiger partial charge >= 0.3 is 0 Å². The summed E-state index contributed by atoms with van der Waals surface area (Å²) in [5.41, 5.74) is 10.5. The van der Waals surface area contributed by atoms with Crippen LogP contribution in [0.5, 0.6) is 0 Å². The van der Waals surface area contributed by atoms with Crippen LogP contribution in [0.4, 0.5) is 0 Å². The van der Waals surface area contributed by atoms with E-state index in [1.807, 2.05) is 18.3 Å². The van der Waals surface area contributed by atoms with Gasteiger partial charge in [-0.15, -0.1) is 0 Å². The summed E-state index contributed by atoms with van der Waals surface area (Å²) in [7, 11) is 0. The van der Waals surface area contributed by atoms with Gasteiger partial charge in [0.2, 0.25) is 0 Å². The molecule has 20 heavy (non-hydrogen) atoms. The molecule has 0 amide bonds. The van der Waals surface area contributed by atoms with Crippen molar-refractivity contribution in [2.45, 2.75) is 19.4 Å². The number of nitrogens with zero attached hydrogens (tertiary/aromatic N) is 1. The average molecular weight is 262 g/mol. The van der Waals surface area contributed by atoms with Gasteiger partial charge in [-0.3, -0.25) is 4.98 Å². The van der Waals surface area contributed by atoms with Crippen LogP contribution < -0.4 is 5.73 Å². The van der Waals surface area contributed by atoms with Crippen molar-refractivity contribution in [1.29, 1.82) is 0 Å². The zero-order valence-electron chi connectivity index (χ0n) is 11.8. The number of nitrogens with two attached hydrogens (primary N) is 1. The van der Waals surface area contributed by atoms with E-state index >= 15 is 0 Å². The van der Waals surface area contributed by atoms with Crippen LogP contribution in [0, 0.1) is 6.92 Å². The molecule has 2 heteroatoms. The van der Waals surface area contributed by atoms with Gasteiger partial charge in [0.05, 0.1) is 11.1 Å². The maximum Gasteiger partial charge on any atom is 0.0702 e. The first-order valence-electron chi connectivity index (χ1n) is 6.79. The third kappa shape index (κ3) is 2.19. The number of pyridine rings is 1. The predicted molar refractivity (Wildman–Crippen MR) is 83.6 cm³/mol. The van der Waals surface area contributed by atoms with Gasteiger partial charge in [0.25, 0.3) is 0 Å². The lowest BCUT2D eigenvalue weighted by Gasteiger charge is -2.26. The molecule has 1 unspecified atom stereocenters. The summed E-state index contributed by atoms with van der Waals surface area (Å²) in [5, 5.41) is 1.12. The highest BCUT2D eigenvalue weighted by Crippen LogP contribution is 2.28. The smallest absolute Gasteiger partial charge is 0.0702 e. The summed E-state index contributed by atoms with van der Waals surface area (Å²) >= 11 is 0. The minimum absolute atomic E-state index is 0.502. The van der Waals surface area contributed by atoms with Crippen LogP contribution in [0.1, 0.15) is 23.6 Å². The van der Waals surface area contributed by atoms with Crippen molar-refractivity contribution in [3.05, 3.63) is 77.5 Å². The zero-order valence-corrected chi connectivity index (χ0v) is 11.8. The van der Waals surface area contributed by atoms with Crippen LogP contribution in [-0.2, 0) is 5.54 Å². The minimum atomic E-state index is -0.502. The van der Waals surface area contributed by atoms with E-state index in [0.29, 0.717) is 0 Å². The van der Waals surface area contributed by atoms with E-state index in [2.05, 4.69) is 61.3 Å². The average Bonchev–Trinajstić information content (AvgIpc) is 2.47. The quantitative estimate of drug-likeness (QED) is 0.763. The molecule has 0 bridgehead atoms. The van der Waals surface area contributed by atoms with Crippen molar-refractivity contribution < 1.29 is 0 Å². The van der Waals surface area contributed by atoms with Crippen LogP contribution in [0.2, 0.25) is 0 Å². The van der Waals surface area contributed by atoms with Crippen molar-refractivity contribution in [1.82, 2.24) is 4.98 Å². The molecule has 2 nitrogen and oxygen atoms in total. The third-order valence-electron chi connectivity index (χ3n) is 3.85. The van der Waals surface area contributed by atoms with Gasteiger partial charge in [-0.05, 0) is 43.2 Å². The highest BCUT2D eigenvalue weighted by atomic mass is 14.7. The molecule has 0 fully saturated rings. The maximum atomic E-state index is 6.58. The van der Waals surface area contributed by atoms with Crippen molar-refractivity contribution in [3.8, 4) is 0 Å². The highest BCUT2D eigenvalue weighted by Gasteiger charge is 2.23. The highest BCUT2D eigenvalue weighted by molar-refractivity contribution is 5.79. The summed E-state index contributed by atoms with van der Waals surface area (Å²) in [6.45, 7) is 4.13. The topological polar surface area (TPSA) is 38.9 Å². The molecule has 0 radical (unpaired) electrons. The minimum Gasteiger partial charge on any atom is -0.318 e. The summed E-state index contributed by atoms with van der Waals surface area (Å²) < 4.78 is 0. The first-order chi connectivity index (χ1) is 9.57. The Morgan fingerprint density at radius 3 is 2.40 bits per heavy atom. The first kappa shape index (κ1) is 12.8. The Kier molecular flexibility index (Phi) is 3.03. The van der Waals surface area contributed by atoms with Gasteiger partial charge in [-0.1, -0.05) is 42.0 Å². The molecule has 0 aliphatic carbocycles. The SMILES string of the molecule is Cc1ccc(C(C)(N)c2ccc3ncccc3c2)cc1. The first-order valence-corrected chi connectivity index (χ1v) is 6.79. The molecule has 0 saturated heterocycles. The predicted octanol–water partition coefficient (Wildman–Crippen LogP) is 3.77. The second-order valence-corrected chi connectivity index (χ2v) is 5.48. The van der Waals surface area contributed by atoms with Crippen LogP contribution in [0.15, 0.2) is 60.8 Å². The maximum absolute atomic E-state index is 6.58. The van der Waals surface area contributed by atoms with Gasteiger partial charge in [0.15, 0.2) is 0 Å². The van der Waals surface area contributed by atoms with Crippen molar-refractivity contribution in [3.63, 3.8) is 0 Å². The van der Waals surface area contributed by atoms with Crippen LogP contribution in [0.3, 0.4) is 0 Å². The van der Waals surface area contributed by atoms with E-state index in [0.717, 1.165) is 22.0 Å². The number of hydrogen-bond acceptors (Lipinski definition) is 2. The Hall–Kier alpha value is -2.19. The lowest BCUT2D eigenvalue weighted by molar-refractivity contribution is 0.604. The molecule has 1 aromatic heterocycles. The van der Waals surface area contributed by atoms with Gasteiger partial charge in [0, 0.05) is 11.6 Å². The number of rotatable bonds is 2. The molecule has 1 atom stereocenters. The zero-order chi connectivity index (χ0) is 14.2. The Morgan fingerprint density at radius 2 is 1.65 bits per heavy atom. The third-order valence-corrected chi connectivity index (χ3v) is 3.85. The number of aromatic nitrogens is 1. The van der Waals surface area contributed by atoms with Crippen LogP contribution in [-0.4, -0.2) is 4.98 Å². The largest absolute Gasteiger partial charge is 0.318 e. The Labute approximate surface area is 119 Å². The molecular formula is C18H18N2. The fourth-order valence-electron chi connectivity index (χ4n) is 2.47. The van der Waals surface area contributed by atoms with Crippen molar-refractivity contribution in [2.75, 3.05) is 0 Å². The summed E-state index contributed by atoms with van der Waals surface area (Å²) in [4.78, 5) is 4.35. The van der Waals surface area contributed by atoms with Gasteiger partial charge in [-0.25, -0.2) is 0 Å². The van der Waals surface area contributed by atoms with Crippen LogP contribution >= 0.6 is 0 Å². The summed E-state index contributed by atoms with van der Waals surface area (Å²) in [6, 6.07) is 18.6. The van der Waals surface area contributed by atoms with E-state index in [9.17, 15) is 0 Å². The molecule has 1 heterocycles. The van der Waals surface area contributed by atoms with Crippen LogP contribution in [0.25, 0.3) is 10.9 Å². The van der Waals surface area contributed by atoms with Crippen molar-refractivity contribution >= 4 is 10.9 Å². The number of hydrogen-bond donors (Lipinski definition) is 1.